The third-order valence-electron chi connectivity index (χ3n) is 5.80. The van der Waals surface area contributed by atoms with E-state index in [1.54, 1.807) is 0 Å². The van der Waals surface area contributed by atoms with Crippen LogP contribution in [0.4, 0.5) is 4.79 Å². The highest BCUT2D eigenvalue weighted by molar-refractivity contribution is 5.76. The number of carboxylic acids is 1. The number of benzene rings is 1. The number of piperidine rings is 1. The lowest BCUT2D eigenvalue weighted by atomic mass is 9.80. The molecule has 10 heteroatoms. The molecule has 0 amide bonds. The highest BCUT2D eigenvalue weighted by Gasteiger charge is 2.48. The fourth-order valence-electron chi connectivity index (χ4n) is 4.49. The predicted octanol–water partition coefficient (Wildman–Crippen LogP) is 4.28. The molecule has 0 aromatic heterocycles. The Hall–Kier alpha value is -2.69. The molecule has 1 fully saturated rings. The molecule has 1 aromatic carbocycles. The molecule has 1 heterocycles. The van der Waals surface area contributed by atoms with Gasteiger partial charge in [0.1, 0.15) is 25.4 Å². The first-order chi connectivity index (χ1) is 16.9. The van der Waals surface area contributed by atoms with E-state index in [4.69, 9.17) is 28.9 Å². The van der Waals surface area contributed by atoms with Crippen LogP contribution in [0.1, 0.15) is 72.0 Å². The molecule has 36 heavy (non-hydrogen) atoms. The summed E-state index contributed by atoms with van der Waals surface area (Å²) in [4.78, 5) is 41.5. The molecule has 10 nitrogen and oxygen atoms in total. The van der Waals surface area contributed by atoms with Gasteiger partial charge in [-0.3, -0.25) is 14.4 Å². The molecule has 1 atom stereocenters. The van der Waals surface area contributed by atoms with Gasteiger partial charge in [-0.05, 0) is 40.2 Å². The number of carbonyl (C=O) groups is 3. The van der Waals surface area contributed by atoms with Crippen molar-refractivity contribution in [2.24, 2.45) is 0 Å². The lowest BCUT2D eigenvalue weighted by Gasteiger charge is -2.54. The van der Waals surface area contributed by atoms with Gasteiger partial charge in [-0.25, -0.2) is 4.79 Å². The lowest BCUT2D eigenvalue weighted by Crippen LogP contribution is -2.62. The Morgan fingerprint density at radius 1 is 1.00 bits per heavy atom. The molecule has 1 aliphatic heterocycles. The van der Waals surface area contributed by atoms with E-state index >= 15 is 0 Å². The first kappa shape index (κ1) is 29.5. The number of rotatable bonds is 13. The third-order valence-corrected chi connectivity index (χ3v) is 5.80. The van der Waals surface area contributed by atoms with Crippen molar-refractivity contribution in [3.63, 3.8) is 0 Å². The minimum atomic E-state index is -1.04. The van der Waals surface area contributed by atoms with Gasteiger partial charge in [-0.2, -0.15) is 5.06 Å². The highest BCUT2D eigenvalue weighted by Crippen LogP contribution is 2.42. The van der Waals surface area contributed by atoms with E-state index in [1.807, 2.05) is 70.0 Å². The van der Waals surface area contributed by atoms with Gasteiger partial charge in [0.2, 0.25) is 0 Å². The van der Waals surface area contributed by atoms with Crippen LogP contribution in [0, 0.1) is 0 Å². The zero-order valence-corrected chi connectivity index (χ0v) is 21.9. The molecular formula is C26H39NO9. The van der Waals surface area contributed by atoms with Gasteiger partial charge in [0, 0.05) is 30.5 Å². The Morgan fingerprint density at radius 2 is 1.64 bits per heavy atom. The molecule has 0 spiro atoms. The zero-order valence-electron chi connectivity index (χ0n) is 21.9. The van der Waals surface area contributed by atoms with Crippen LogP contribution in [0.3, 0.4) is 0 Å². The fraction of sp³-hybridized carbons (Fsp3) is 0.654. The summed E-state index contributed by atoms with van der Waals surface area (Å²) in [5.41, 5.74) is -0.275. The number of ether oxygens (including phenoxy) is 4. The first-order valence-electron chi connectivity index (χ1n) is 12.2. The number of carboxylic acid groups (broad SMARTS) is 1. The number of esters is 1. The van der Waals surface area contributed by atoms with Gasteiger partial charge in [-0.1, -0.05) is 30.3 Å². The molecule has 1 aliphatic rings. The second-order valence-electron chi connectivity index (χ2n) is 9.94. The van der Waals surface area contributed by atoms with Crippen molar-refractivity contribution in [3.8, 4) is 0 Å². The van der Waals surface area contributed by atoms with Crippen molar-refractivity contribution in [1.82, 2.24) is 5.06 Å². The van der Waals surface area contributed by atoms with Crippen LogP contribution in [0.15, 0.2) is 30.3 Å². The molecule has 0 saturated carbocycles. The SMILES string of the molecule is CCOCCOC(=O)OCC(ON1C(C)(C)CC(OC(=O)CCC(=O)O)CC1(C)C)c1ccccc1. The second-order valence-corrected chi connectivity index (χ2v) is 9.94. The van der Waals surface area contributed by atoms with Crippen LogP contribution in [-0.2, 0) is 33.4 Å². The molecule has 0 radical (unpaired) electrons. The van der Waals surface area contributed by atoms with E-state index in [1.165, 1.54) is 0 Å². The smallest absolute Gasteiger partial charge is 0.481 e. The van der Waals surface area contributed by atoms with Gasteiger partial charge in [0.05, 0.1) is 19.4 Å². The molecule has 1 N–H and O–H groups in total. The lowest BCUT2D eigenvalue weighted by molar-refractivity contribution is -0.320. The molecule has 202 valence electrons. The van der Waals surface area contributed by atoms with Crippen LogP contribution < -0.4 is 0 Å². The van der Waals surface area contributed by atoms with Crippen LogP contribution >= 0.6 is 0 Å². The van der Waals surface area contributed by atoms with Crippen molar-refractivity contribution in [2.75, 3.05) is 26.4 Å². The predicted molar refractivity (Wildman–Crippen MR) is 130 cm³/mol. The van der Waals surface area contributed by atoms with Crippen molar-refractivity contribution in [1.29, 1.82) is 0 Å². The summed E-state index contributed by atoms with van der Waals surface area (Å²) in [6.07, 6.45) is -1.25. The maximum absolute atomic E-state index is 12.1. The topological polar surface area (TPSA) is 121 Å². The molecule has 1 saturated heterocycles. The summed E-state index contributed by atoms with van der Waals surface area (Å²) in [6, 6.07) is 9.44. The third kappa shape index (κ3) is 9.40. The van der Waals surface area contributed by atoms with Crippen molar-refractivity contribution >= 4 is 18.1 Å². The summed E-state index contributed by atoms with van der Waals surface area (Å²) in [7, 11) is 0. The minimum Gasteiger partial charge on any atom is -0.481 e. The maximum Gasteiger partial charge on any atom is 0.508 e. The number of hydroxylamine groups is 2. The summed E-state index contributed by atoms with van der Waals surface area (Å²) in [6.45, 7) is 10.7. The maximum atomic E-state index is 12.1. The van der Waals surface area contributed by atoms with Crippen LogP contribution in [0.25, 0.3) is 0 Å². The average Bonchev–Trinajstić information content (AvgIpc) is 2.79. The molecule has 0 aliphatic carbocycles. The molecule has 1 unspecified atom stereocenters. The number of nitrogens with zero attached hydrogens (tertiary/aromatic N) is 1. The number of carbonyl (C=O) groups excluding carboxylic acids is 2. The van der Waals surface area contributed by atoms with E-state index in [9.17, 15) is 14.4 Å². The number of hydrogen-bond acceptors (Lipinski definition) is 9. The van der Waals surface area contributed by atoms with E-state index in [0.29, 0.717) is 26.1 Å². The van der Waals surface area contributed by atoms with Gasteiger partial charge in [0.25, 0.3) is 0 Å². The number of hydrogen-bond donors (Lipinski definition) is 1. The Morgan fingerprint density at radius 3 is 2.22 bits per heavy atom. The summed E-state index contributed by atoms with van der Waals surface area (Å²) < 4.78 is 21.2. The Bertz CT molecular complexity index is 838. The molecule has 1 aromatic rings. The van der Waals surface area contributed by atoms with Gasteiger partial charge < -0.3 is 24.1 Å². The van der Waals surface area contributed by atoms with Gasteiger partial charge in [-0.15, -0.1) is 0 Å². The molecule has 0 bridgehead atoms. The van der Waals surface area contributed by atoms with E-state index in [0.717, 1.165) is 5.56 Å². The monoisotopic (exact) mass is 509 g/mol. The van der Waals surface area contributed by atoms with Crippen LogP contribution in [0.5, 0.6) is 0 Å². The highest BCUT2D eigenvalue weighted by atomic mass is 16.7. The first-order valence-corrected chi connectivity index (χ1v) is 12.2. The van der Waals surface area contributed by atoms with Crippen LogP contribution in [-0.4, -0.2) is 71.9 Å². The fourth-order valence-corrected chi connectivity index (χ4v) is 4.49. The largest absolute Gasteiger partial charge is 0.508 e. The van der Waals surface area contributed by atoms with E-state index < -0.39 is 35.3 Å². The quantitative estimate of drug-likeness (QED) is 0.305. The standard InChI is InChI=1S/C26H39NO9/c1-6-32-14-15-33-24(31)34-18-21(19-10-8-7-9-11-19)36-27-25(2,3)16-20(17-26(27,4)5)35-23(30)13-12-22(28)29/h7-11,20-21H,6,12-18H2,1-5H3,(H,28,29). The summed E-state index contributed by atoms with van der Waals surface area (Å²) >= 11 is 0. The summed E-state index contributed by atoms with van der Waals surface area (Å²) in [5, 5.41) is 10.7. The van der Waals surface area contributed by atoms with Crippen molar-refractivity contribution < 1.29 is 43.3 Å². The summed E-state index contributed by atoms with van der Waals surface area (Å²) in [5.74, 6) is -1.56. The Labute approximate surface area is 212 Å². The minimum absolute atomic E-state index is 0.0618. The average molecular weight is 510 g/mol. The number of aliphatic carboxylic acids is 1. The second kappa shape index (κ2) is 13.6. The molecule has 2 rings (SSSR count). The zero-order chi connectivity index (χ0) is 26.8. The van der Waals surface area contributed by atoms with E-state index in [-0.39, 0.29) is 32.2 Å². The van der Waals surface area contributed by atoms with Gasteiger partial charge in [0.15, 0.2) is 0 Å². The molecular weight excluding hydrogens is 470 g/mol. The van der Waals surface area contributed by atoms with Crippen molar-refractivity contribution in [2.45, 2.75) is 83.6 Å². The van der Waals surface area contributed by atoms with Crippen LogP contribution in [0.2, 0.25) is 0 Å². The Kier molecular flexibility index (Phi) is 11.1. The van der Waals surface area contributed by atoms with Gasteiger partial charge >= 0.3 is 18.1 Å². The normalized spacial score (nSPS) is 18.2. The van der Waals surface area contributed by atoms with Crippen molar-refractivity contribution in [3.05, 3.63) is 35.9 Å². The Balaban J connectivity index is 2.08. The van der Waals surface area contributed by atoms with E-state index in [2.05, 4.69) is 0 Å².